The lowest BCUT2D eigenvalue weighted by atomic mass is 10.1. The zero-order valence-corrected chi connectivity index (χ0v) is 44.2. The summed E-state index contributed by atoms with van der Waals surface area (Å²) in [5.41, 5.74) is 0. The first-order valence-electron chi connectivity index (χ1n) is 29.0. The minimum absolute atomic E-state index is 0.0775. The van der Waals surface area contributed by atoms with Gasteiger partial charge in [-0.05, 0) is 96.3 Å². The highest BCUT2D eigenvalue weighted by molar-refractivity contribution is 5.71. The first-order valence-corrected chi connectivity index (χ1v) is 29.0. The average molecular weight is 928 g/mol. The highest BCUT2D eigenvalue weighted by Gasteiger charge is 2.19. The summed E-state index contributed by atoms with van der Waals surface area (Å²) in [6, 6.07) is 0. The second-order valence-electron chi connectivity index (χ2n) is 19.5. The zero-order chi connectivity index (χ0) is 47.9. The Balaban J connectivity index is 4.38. The molecule has 66 heavy (non-hydrogen) atoms. The molecule has 0 aliphatic carbocycles. The maximum absolute atomic E-state index is 12.8. The number of unbranched alkanes of at least 4 members (excludes halogenated alkanes) is 36. The van der Waals surface area contributed by atoms with E-state index in [1.54, 1.807) is 0 Å². The van der Waals surface area contributed by atoms with Gasteiger partial charge in [-0.2, -0.15) is 0 Å². The van der Waals surface area contributed by atoms with Gasteiger partial charge in [-0.1, -0.05) is 231 Å². The van der Waals surface area contributed by atoms with E-state index in [4.69, 9.17) is 14.2 Å². The molecule has 0 aromatic heterocycles. The molecule has 0 amide bonds. The van der Waals surface area contributed by atoms with Crippen LogP contribution in [0, 0.1) is 0 Å². The lowest BCUT2D eigenvalue weighted by molar-refractivity contribution is -0.167. The van der Waals surface area contributed by atoms with Crippen LogP contribution in [-0.2, 0) is 28.6 Å². The predicted octanol–water partition coefficient (Wildman–Crippen LogP) is 19.3. The fourth-order valence-electron chi connectivity index (χ4n) is 8.43. The maximum Gasteiger partial charge on any atom is 0.306 e. The third kappa shape index (κ3) is 52.6. The highest BCUT2D eigenvalue weighted by atomic mass is 16.6. The van der Waals surface area contributed by atoms with Crippen molar-refractivity contribution < 1.29 is 28.6 Å². The van der Waals surface area contributed by atoms with E-state index in [2.05, 4.69) is 57.2 Å². The van der Waals surface area contributed by atoms with E-state index in [9.17, 15) is 14.4 Å². The topological polar surface area (TPSA) is 78.9 Å². The molecule has 0 saturated carbocycles. The van der Waals surface area contributed by atoms with Gasteiger partial charge in [-0.3, -0.25) is 14.4 Å². The number of allylic oxidation sites excluding steroid dienone is 6. The largest absolute Gasteiger partial charge is 0.462 e. The molecule has 0 spiro atoms. The Bertz CT molecular complexity index is 1050. The summed E-state index contributed by atoms with van der Waals surface area (Å²) in [5.74, 6) is -0.880. The van der Waals surface area contributed by atoms with Crippen molar-refractivity contribution in [3.8, 4) is 0 Å². The van der Waals surface area contributed by atoms with E-state index >= 15 is 0 Å². The Hall–Kier alpha value is -2.37. The minimum Gasteiger partial charge on any atom is -0.462 e. The molecule has 6 heteroatoms. The standard InChI is InChI=1S/C60H110O6/c1-4-7-10-13-16-19-22-25-28-31-34-37-40-43-46-49-52-58(61)64-55-57(66-60(63)54-51-48-45-42-39-36-33-30-27-24-21-18-15-12-9-6-3)56-65-59(62)53-50-47-44-41-38-35-32-29-26-23-20-17-14-11-8-5-2/h25-30,57H,4-24,31-56H2,1-3H3. The van der Waals surface area contributed by atoms with Crippen LogP contribution in [0.1, 0.15) is 310 Å². The number of carbonyl (C=O) groups excluding carboxylic acids is 3. The molecule has 0 aliphatic rings. The molecule has 0 unspecified atom stereocenters. The van der Waals surface area contributed by atoms with E-state index in [0.717, 1.165) is 64.2 Å². The number of rotatable bonds is 53. The summed E-state index contributed by atoms with van der Waals surface area (Å²) in [4.78, 5) is 38.1. The Labute approximate surface area is 410 Å². The van der Waals surface area contributed by atoms with Crippen molar-refractivity contribution in [3.05, 3.63) is 36.5 Å². The van der Waals surface area contributed by atoms with Crippen molar-refractivity contribution in [2.75, 3.05) is 13.2 Å². The first kappa shape index (κ1) is 63.6. The molecule has 0 heterocycles. The highest BCUT2D eigenvalue weighted by Crippen LogP contribution is 2.15. The molecular formula is C60H110O6. The Morgan fingerprint density at radius 3 is 0.758 bits per heavy atom. The van der Waals surface area contributed by atoms with E-state index in [0.29, 0.717) is 19.3 Å². The average Bonchev–Trinajstić information content (AvgIpc) is 3.31. The molecular weight excluding hydrogens is 817 g/mol. The summed E-state index contributed by atoms with van der Waals surface area (Å²) in [7, 11) is 0. The third-order valence-electron chi connectivity index (χ3n) is 12.8. The zero-order valence-electron chi connectivity index (χ0n) is 44.2. The molecule has 0 aliphatic heterocycles. The first-order chi connectivity index (χ1) is 32.5. The molecule has 0 bridgehead atoms. The van der Waals surface area contributed by atoms with Crippen LogP contribution in [0.25, 0.3) is 0 Å². The lowest BCUT2D eigenvalue weighted by Gasteiger charge is -2.18. The van der Waals surface area contributed by atoms with E-state index in [-0.39, 0.29) is 31.1 Å². The summed E-state index contributed by atoms with van der Waals surface area (Å²) in [6.45, 7) is 6.65. The number of hydrogen-bond donors (Lipinski definition) is 0. The minimum atomic E-state index is -0.779. The van der Waals surface area contributed by atoms with Gasteiger partial charge in [0.25, 0.3) is 0 Å². The molecule has 0 aromatic rings. The van der Waals surface area contributed by atoms with Gasteiger partial charge in [0.1, 0.15) is 13.2 Å². The SMILES string of the molecule is CCCCCCCCC=CCCCCCCCCC(=O)OCC(COC(=O)CCCCCCCCC=CCCCCCCCC)OC(=O)CCCCCCCCC=CCCCCCCCC. The van der Waals surface area contributed by atoms with E-state index in [1.807, 2.05) is 0 Å². The predicted molar refractivity (Wildman–Crippen MR) is 284 cm³/mol. The summed E-state index contributed by atoms with van der Waals surface area (Å²) in [6.07, 6.45) is 65.6. The number of ether oxygens (including phenoxy) is 3. The van der Waals surface area contributed by atoms with Crippen LogP contribution in [0.3, 0.4) is 0 Å². The number of esters is 3. The van der Waals surface area contributed by atoms with Crippen molar-refractivity contribution in [3.63, 3.8) is 0 Å². The van der Waals surface area contributed by atoms with Gasteiger partial charge in [0, 0.05) is 19.3 Å². The summed E-state index contributed by atoms with van der Waals surface area (Å²) < 4.78 is 16.9. The van der Waals surface area contributed by atoms with E-state index in [1.165, 1.54) is 205 Å². The molecule has 0 N–H and O–H groups in total. The molecule has 0 aromatic carbocycles. The summed E-state index contributed by atoms with van der Waals surface area (Å²) in [5, 5.41) is 0. The van der Waals surface area contributed by atoms with Crippen LogP contribution in [0.4, 0.5) is 0 Å². The van der Waals surface area contributed by atoms with Gasteiger partial charge >= 0.3 is 17.9 Å². The van der Waals surface area contributed by atoms with E-state index < -0.39 is 6.10 Å². The Morgan fingerprint density at radius 1 is 0.288 bits per heavy atom. The Kier molecular flexibility index (Phi) is 53.2. The van der Waals surface area contributed by atoms with Crippen molar-refractivity contribution >= 4 is 17.9 Å². The maximum atomic E-state index is 12.8. The van der Waals surface area contributed by atoms with Gasteiger partial charge in [0.15, 0.2) is 6.10 Å². The molecule has 0 radical (unpaired) electrons. The van der Waals surface area contributed by atoms with Gasteiger partial charge in [0.2, 0.25) is 0 Å². The molecule has 0 saturated heterocycles. The van der Waals surface area contributed by atoms with Crippen LogP contribution in [0.5, 0.6) is 0 Å². The number of hydrogen-bond acceptors (Lipinski definition) is 6. The lowest BCUT2D eigenvalue weighted by Crippen LogP contribution is -2.30. The van der Waals surface area contributed by atoms with Crippen LogP contribution in [-0.4, -0.2) is 37.2 Å². The fraction of sp³-hybridized carbons (Fsp3) is 0.850. The Morgan fingerprint density at radius 2 is 0.500 bits per heavy atom. The van der Waals surface area contributed by atoms with Crippen molar-refractivity contribution in [2.45, 2.75) is 316 Å². The second-order valence-corrected chi connectivity index (χ2v) is 19.5. The quantitative estimate of drug-likeness (QED) is 0.0262. The third-order valence-corrected chi connectivity index (χ3v) is 12.8. The van der Waals surface area contributed by atoms with Gasteiger partial charge in [-0.15, -0.1) is 0 Å². The van der Waals surface area contributed by atoms with Crippen molar-refractivity contribution in [1.82, 2.24) is 0 Å². The molecule has 0 atom stereocenters. The second kappa shape index (κ2) is 55.2. The number of carbonyl (C=O) groups is 3. The van der Waals surface area contributed by atoms with Gasteiger partial charge in [0.05, 0.1) is 0 Å². The van der Waals surface area contributed by atoms with Crippen molar-refractivity contribution in [2.24, 2.45) is 0 Å². The van der Waals surface area contributed by atoms with Gasteiger partial charge < -0.3 is 14.2 Å². The monoisotopic (exact) mass is 927 g/mol. The smallest absolute Gasteiger partial charge is 0.306 e. The van der Waals surface area contributed by atoms with Crippen LogP contribution in [0.15, 0.2) is 36.5 Å². The summed E-state index contributed by atoms with van der Waals surface area (Å²) >= 11 is 0. The molecule has 0 rings (SSSR count). The molecule has 386 valence electrons. The molecule has 0 fully saturated rings. The van der Waals surface area contributed by atoms with Crippen molar-refractivity contribution in [1.29, 1.82) is 0 Å². The van der Waals surface area contributed by atoms with Crippen LogP contribution in [0.2, 0.25) is 0 Å². The normalized spacial score (nSPS) is 12.2. The van der Waals surface area contributed by atoms with Crippen LogP contribution >= 0.6 is 0 Å². The van der Waals surface area contributed by atoms with Gasteiger partial charge in [-0.25, -0.2) is 0 Å². The van der Waals surface area contributed by atoms with Crippen LogP contribution < -0.4 is 0 Å². The molecule has 6 nitrogen and oxygen atoms in total. The fourth-order valence-corrected chi connectivity index (χ4v) is 8.43.